The van der Waals surface area contributed by atoms with Crippen LogP contribution in [0.3, 0.4) is 0 Å². The Labute approximate surface area is 46.2 Å². The van der Waals surface area contributed by atoms with Gasteiger partial charge in [-0.05, 0) is 0 Å². The Morgan fingerprint density at radius 3 is 2.88 bits per heavy atom. The Balaban J connectivity index is 2.57. The zero-order chi connectivity index (χ0) is 5.98. The maximum atomic E-state index is 10.3. The van der Waals surface area contributed by atoms with Crippen LogP contribution in [-0.4, -0.2) is 23.6 Å². The number of hydrogen-bond donors (Lipinski definition) is 3. The number of nitrogens with one attached hydrogen (secondary N) is 2. The minimum atomic E-state index is -0.138. The lowest BCUT2D eigenvalue weighted by Crippen LogP contribution is -2.80. The van der Waals surface area contributed by atoms with Crippen LogP contribution >= 0.6 is 0 Å². The van der Waals surface area contributed by atoms with Gasteiger partial charge in [-0.15, -0.1) is 0 Å². The third kappa shape index (κ3) is 0.959. The topological polar surface area (TPSA) is 63.3 Å². The highest BCUT2D eigenvalue weighted by atomic mass is 16.3. The summed E-state index contributed by atoms with van der Waals surface area (Å²) in [7, 11) is 0. The fourth-order valence-corrected chi connectivity index (χ4v) is 0.533. The number of aliphatic hydroxyl groups excluding tert-OH is 1. The first kappa shape index (κ1) is 5.08. The Morgan fingerprint density at radius 2 is 2.50 bits per heavy atom. The summed E-state index contributed by atoms with van der Waals surface area (Å²) < 4.78 is 0. The SMILES string of the molecule is O=C1CC[NH+]=C(O)N1. The van der Waals surface area contributed by atoms with E-state index in [0.29, 0.717) is 13.0 Å². The van der Waals surface area contributed by atoms with Gasteiger partial charge >= 0.3 is 11.9 Å². The molecule has 0 aliphatic carbocycles. The third-order valence-corrected chi connectivity index (χ3v) is 0.902. The van der Waals surface area contributed by atoms with Gasteiger partial charge in [-0.3, -0.25) is 0 Å². The van der Waals surface area contributed by atoms with Gasteiger partial charge in [0, 0.05) is 0 Å². The molecule has 0 aromatic heterocycles. The van der Waals surface area contributed by atoms with Gasteiger partial charge in [-0.25, -0.2) is 9.79 Å². The number of carbonyl (C=O) groups is 1. The van der Waals surface area contributed by atoms with E-state index in [1.165, 1.54) is 0 Å². The molecule has 0 atom stereocenters. The van der Waals surface area contributed by atoms with Gasteiger partial charge in [0.2, 0.25) is 0 Å². The minimum Gasteiger partial charge on any atom is -0.447 e. The number of amides is 1. The van der Waals surface area contributed by atoms with Crippen molar-refractivity contribution in [3.05, 3.63) is 0 Å². The highest BCUT2D eigenvalue weighted by Gasteiger charge is 2.15. The van der Waals surface area contributed by atoms with Crippen molar-refractivity contribution < 1.29 is 14.9 Å². The van der Waals surface area contributed by atoms with Crippen LogP contribution < -0.4 is 10.3 Å². The molecule has 0 unspecified atom stereocenters. The molecule has 4 nitrogen and oxygen atoms in total. The first-order chi connectivity index (χ1) is 3.79. The van der Waals surface area contributed by atoms with E-state index in [1.807, 2.05) is 0 Å². The molecule has 1 heterocycles. The van der Waals surface area contributed by atoms with Gasteiger partial charge < -0.3 is 5.11 Å². The molecule has 0 radical (unpaired) electrons. The number of carbonyl (C=O) groups excluding carboxylic acids is 1. The number of rotatable bonds is 0. The molecule has 0 aromatic rings. The summed E-state index contributed by atoms with van der Waals surface area (Å²) in [6, 6.07) is -0.138. The van der Waals surface area contributed by atoms with Crippen LogP contribution in [0.1, 0.15) is 6.42 Å². The lowest BCUT2D eigenvalue weighted by atomic mass is 10.4. The zero-order valence-electron chi connectivity index (χ0n) is 4.27. The van der Waals surface area contributed by atoms with Crippen LogP contribution in [0.5, 0.6) is 0 Å². The highest BCUT2D eigenvalue weighted by molar-refractivity contribution is 5.91. The molecule has 0 bridgehead atoms. The molecule has 0 saturated heterocycles. The molecule has 0 saturated carbocycles. The molecule has 3 N–H and O–H groups in total. The van der Waals surface area contributed by atoms with E-state index in [2.05, 4.69) is 10.3 Å². The molecule has 4 heteroatoms. The van der Waals surface area contributed by atoms with Crippen LogP contribution in [0.15, 0.2) is 0 Å². The van der Waals surface area contributed by atoms with E-state index in [1.54, 1.807) is 0 Å². The van der Waals surface area contributed by atoms with Crippen molar-refractivity contribution >= 4 is 11.9 Å². The average Bonchev–Trinajstić information content (AvgIpc) is 1.64. The molecule has 1 rings (SSSR count). The third-order valence-electron chi connectivity index (χ3n) is 0.902. The largest absolute Gasteiger partial charge is 0.447 e. The van der Waals surface area contributed by atoms with Crippen molar-refractivity contribution in [1.29, 1.82) is 0 Å². The fraction of sp³-hybridized carbons (Fsp3) is 0.500. The molecule has 1 amide bonds. The second-order valence-corrected chi connectivity index (χ2v) is 1.57. The van der Waals surface area contributed by atoms with E-state index in [4.69, 9.17) is 5.11 Å². The van der Waals surface area contributed by atoms with E-state index in [9.17, 15) is 4.79 Å². The second kappa shape index (κ2) is 1.81. The van der Waals surface area contributed by atoms with Gasteiger partial charge in [0.1, 0.15) is 0 Å². The Morgan fingerprint density at radius 1 is 1.75 bits per heavy atom. The molecule has 1 aliphatic rings. The van der Waals surface area contributed by atoms with Gasteiger partial charge in [0.05, 0.1) is 13.0 Å². The van der Waals surface area contributed by atoms with Crippen LogP contribution in [-0.2, 0) is 4.79 Å². The number of aliphatic hydroxyl groups is 1. The maximum absolute atomic E-state index is 10.3. The van der Waals surface area contributed by atoms with E-state index in [-0.39, 0.29) is 11.9 Å². The van der Waals surface area contributed by atoms with Crippen molar-refractivity contribution in [2.75, 3.05) is 6.54 Å². The summed E-state index contributed by atoms with van der Waals surface area (Å²) in [5.74, 6) is -0.138. The minimum absolute atomic E-state index is 0.138. The number of amidine groups is 1. The fourth-order valence-electron chi connectivity index (χ4n) is 0.533. The van der Waals surface area contributed by atoms with Crippen molar-refractivity contribution in [3.63, 3.8) is 0 Å². The van der Waals surface area contributed by atoms with Crippen LogP contribution in [0.4, 0.5) is 0 Å². The summed E-state index contributed by atoms with van der Waals surface area (Å²) in [4.78, 5) is 12.9. The summed E-state index contributed by atoms with van der Waals surface area (Å²) in [5.41, 5.74) is 0. The van der Waals surface area contributed by atoms with Gasteiger partial charge in [-0.1, -0.05) is 0 Å². The van der Waals surface area contributed by atoms with Crippen molar-refractivity contribution in [1.82, 2.24) is 5.32 Å². The van der Waals surface area contributed by atoms with Gasteiger partial charge in [0.15, 0.2) is 0 Å². The molecule has 44 valence electrons. The van der Waals surface area contributed by atoms with Crippen LogP contribution in [0.25, 0.3) is 0 Å². The van der Waals surface area contributed by atoms with E-state index in [0.717, 1.165) is 0 Å². The monoisotopic (exact) mass is 115 g/mol. The first-order valence-corrected chi connectivity index (χ1v) is 2.38. The maximum Gasteiger partial charge on any atom is 0.446 e. The Hall–Kier alpha value is -1.06. The molecule has 0 aromatic carbocycles. The lowest BCUT2D eigenvalue weighted by Gasteiger charge is -1.98. The smallest absolute Gasteiger partial charge is 0.446 e. The highest BCUT2D eigenvalue weighted by Crippen LogP contribution is 1.73. The first-order valence-electron chi connectivity index (χ1n) is 2.38. The molecule has 0 spiro atoms. The van der Waals surface area contributed by atoms with Crippen LogP contribution in [0.2, 0.25) is 0 Å². The predicted molar refractivity (Wildman–Crippen MR) is 26.2 cm³/mol. The molecular weight excluding hydrogens is 108 g/mol. The summed E-state index contributed by atoms with van der Waals surface area (Å²) in [5, 5.41) is 10.8. The Bertz CT molecular complexity index is 141. The summed E-state index contributed by atoms with van der Waals surface area (Å²) >= 11 is 0. The van der Waals surface area contributed by atoms with Crippen molar-refractivity contribution in [2.45, 2.75) is 6.42 Å². The standard InChI is InChI=1S/C4H6N2O2/c7-3-1-2-5-4(8)6-3/h1-2H2,(H2,5,6,7,8)/p+1. The zero-order valence-corrected chi connectivity index (χ0v) is 4.27. The predicted octanol–water partition coefficient (Wildman–Crippen LogP) is -2.50. The van der Waals surface area contributed by atoms with Crippen molar-refractivity contribution in [3.8, 4) is 0 Å². The Kier molecular flexibility index (Phi) is 1.15. The normalized spacial score (nSPS) is 19.5. The quantitative estimate of drug-likeness (QED) is 0.327. The van der Waals surface area contributed by atoms with Gasteiger partial charge in [0.25, 0.3) is 0 Å². The van der Waals surface area contributed by atoms with E-state index < -0.39 is 0 Å². The summed E-state index contributed by atoms with van der Waals surface area (Å²) in [6.45, 7) is 0.525. The average molecular weight is 115 g/mol. The molecule has 1 aliphatic heterocycles. The van der Waals surface area contributed by atoms with Crippen LogP contribution in [0, 0.1) is 0 Å². The summed E-state index contributed by atoms with van der Waals surface area (Å²) in [6.07, 6.45) is 0.435. The van der Waals surface area contributed by atoms with E-state index >= 15 is 0 Å². The molecular formula is C4H7N2O2+. The second-order valence-electron chi connectivity index (χ2n) is 1.57. The van der Waals surface area contributed by atoms with Crippen molar-refractivity contribution in [2.24, 2.45) is 0 Å². The molecule has 8 heavy (non-hydrogen) atoms. The van der Waals surface area contributed by atoms with Gasteiger partial charge in [-0.2, -0.15) is 5.32 Å². The molecule has 0 fully saturated rings. The lowest BCUT2D eigenvalue weighted by molar-refractivity contribution is -0.470. The number of hydrogen-bond acceptors (Lipinski definition) is 1.